The van der Waals surface area contributed by atoms with Gasteiger partial charge in [-0.15, -0.1) is 0 Å². The third-order valence-electron chi connectivity index (χ3n) is 5.90. The first-order valence-electron chi connectivity index (χ1n) is 9.89. The predicted octanol–water partition coefficient (Wildman–Crippen LogP) is 1.98. The molecule has 2 aliphatic heterocycles. The molecule has 2 aromatic heterocycles. The highest BCUT2D eigenvalue weighted by Gasteiger charge is 2.43. The molecule has 1 unspecified atom stereocenters. The summed E-state index contributed by atoms with van der Waals surface area (Å²) in [7, 11) is 0. The number of rotatable bonds is 2. The molecule has 0 aliphatic carbocycles. The lowest BCUT2D eigenvalue weighted by molar-refractivity contribution is -0.0151. The third-order valence-corrected chi connectivity index (χ3v) is 5.90. The Balaban J connectivity index is 1.47. The number of pyridine rings is 1. The van der Waals surface area contributed by atoms with E-state index in [9.17, 15) is 9.90 Å². The van der Waals surface area contributed by atoms with E-state index in [2.05, 4.69) is 19.9 Å². The number of carbonyl (C=O) groups is 1. The minimum Gasteiger partial charge on any atom is -0.391 e. The van der Waals surface area contributed by atoms with Gasteiger partial charge in [-0.1, -0.05) is 0 Å². The monoisotopic (exact) mass is 381 g/mol. The van der Waals surface area contributed by atoms with Gasteiger partial charge in [0.1, 0.15) is 0 Å². The van der Waals surface area contributed by atoms with Gasteiger partial charge in [-0.3, -0.25) is 9.78 Å². The lowest BCUT2D eigenvalue weighted by Crippen LogP contribution is -2.55. The summed E-state index contributed by atoms with van der Waals surface area (Å²) in [5, 5.41) is 10.5. The number of carbonyl (C=O) groups excluding carboxylic acids is 1. The Morgan fingerprint density at radius 2 is 1.93 bits per heavy atom. The standard InChI is InChI=1S/C21H27N5O2/c1-15-10-16(2)24-20(23-15)25-8-5-21(6-9-25)11-18(27)13-26(14-21)19(28)17-4-3-7-22-12-17/h3-4,7,10,12,18,27H,5-6,8-9,11,13-14H2,1-2H3. The van der Waals surface area contributed by atoms with Crippen molar-refractivity contribution < 1.29 is 9.90 Å². The Morgan fingerprint density at radius 3 is 2.57 bits per heavy atom. The summed E-state index contributed by atoms with van der Waals surface area (Å²) in [5.41, 5.74) is 2.48. The highest BCUT2D eigenvalue weighted by Crippen LogP contribution is 2.40. The number of nitrogens with zero attached hydrogens (tertiary/aromatic N) is 5. The molecule has 7 heteroatoms. The molecule has 0 bridgehead atoms. The van der Waals surface area contributed by atoms with Crippen molar-refractivity contribution in [3.63, 3.8) is 0 Å². The highest BCUT2D eigenvalue weighted by molar-refractivity contribution is 5.94. The summed E-state index contributed by atoms with van der Waals surface area (Å²) in [6.07, 6.45) is 5.34. The van der Waals surface area contributed by atoms with E-state index >= 15 is 0 Å². The number of amides is 1. The summed E-state index contributed by atoms with van der Waals surface area (Å²) in [4.78, 5) is 30.1. The first kappa shape index (κ1) is 18.8. The fourth-order valence-corrected chi connectivity index (χ4v) is 4.57. The van der Waals surface area contributed by atoms with E-state index in [-0.39, 0.29) is 11.3 Å². The maximum Gasteiger partial charge on any atom is 0.255 e. The molecule has 1 amide bonds. The van der Waals surface area contributed by atoms with E-state index in [1.807, 2.05) is 19.9 Å². The first-order chi connectivity index (χ1) is 13.4. The van der Waals surface area contributed by atoms with Crippen LogP contribution in [0.1, 0.15) is 41.0 Å². The van der Waals surface area contributed by atoms with Crippen LogP contribution >= 0.6 is 0 Å². The molecule has 2 saturated heterocycles. The molecular formula is C21H27N5O2. The molecule has 0 saturated carbocycles. The fraction of sp³-hybridized carbons (Fsp3) is 0.524. The second-order valence-corrected chi connectivity index (χ2v) is 8.22. The number of aryl methyl sites for hydroxylation is 2. The molecule has 0 aromatic carbocycles. The van der Waals surface area contributed by atoms with E-state index in [1.165, 1.54) is 0 Å². The van der Waals surface area contributed by atoms with Gasteiger partial charge >= 0.3 is 0 Å². The molecule has 2 fully saturated rings. The van der Waals surface area contributed by atoms with Crippen molar-refractivity contribution in [1.82, 2.24) is 19.9 Å². The number of piperidine rings is 2. The van der Waals surface area contributed by atoms with Crippen LogP contribution in [0.25, 0.3) is 0 Å². The van der Waals surface area contributed by atoms with Crippen LogP contribution in [-0.2, 0) is 0 Å². The summed E-state index contributed by atoms with van der Waals surface area (Å²) in [5.74, 6) is 0.735. The predicted molar refractivity (Wildman–Crippen MR) is 106 cm³/mol. The van der Waals surface area contributed by atoms with Crippen LogP contribution < -0.4 is 4.90 Å². The van der Waals surface area contributed by atoms with Crippen molar-refractivity contribution in [1.29, 1.82) is 0 Å². The topological polar surface area (TPSA) is 82.5 Å². The second kappa shape index (κ2) is 7.47. The average molecular weight is 381 g/mol. The van der Waals surface area contributed by atoms with Crippen LogP contribution in [0.2, 0.25) is 0 Å². The van der Waals surface area contributed by atoms with Crippen molar-refractivity contribution in [3.05, 3.63) is 47.5 Å². The molecule has 28 heavy (non-hydrogen) atoms. The minimum absolute atomic E-state index is 0.0497. The number of β-amino-alcohol motifs (C(OH)–C–C–N with tert-alkyl or cyclic N) is 1. The molecule has 4 rings (SSSR count). The van der Waals surface area contributed by atoms with Gasteiger partial charge in [0, 0.05) is 50.0 Å². The van der Waals surface area contributed by atoms with Crippen LogP contribution in [0.4, 0.5) is 5.95 Å². The minimum atomic E-state index is -0.488. The summed E-state index contributed by atoms with van der Waals surface area (Å²) < 4.78 is 0. The van der Waals surface area contributed by atoms with E-state index in [0.29, 0.717) is 18.7 Å². The Kier molecular flexibility index (Phi) is 5.02. The van der Waals surface area contributed by atoms with Gasteiger partial charge in [0.15, 0.2) is 0 Å². The maximum absolute atomic E-state index is 12.9. The Labute approximate surface area is 165 Å². The molecule has 0 radical (unpaired) electrons. The Morgan fingerprint density at radius 1 is 1.21 bits per heavy atom. The van der Waals surface area contributed by atoms with Crippen LogP contribution in [-0.4, -0.2) is 63.1 Å². The molecule has 1 atom stereocenters. The smallest absolute Gasteiger partial charge is 0.255 e. The number of aromatic nitrogens is 3. The quantitative estimate of drug-likeness (QED) is 0.857. The molecule has 1 spiro atoms. The van der Waals surface area contributed by atoms with Gasteiger partial charge in [0.05, 0.1) is 11.7 Å². The number of anilines is 1. The van der Waals surface area contributed by atoms with E-state index in [1.54, 1.807) is 29.4 Å². The number of hydrogen-bond acceptors (Lipinski definition) is 6. The van der Waals surface area contributed by atoms with Crippen LogP contribution in [0.3, 0.4) is 0 Å². The van der Waals surface area contributed by atoms with Crippen LogP contribution in [0, 0.1) is 19.3 Å². The number of aliphatic hydroxyl groups excluding tert-OH is 1. The Hall–Kier alpha value is -2.54. The molecule has 7 nitrogen and oxygen atoms in total. The number of likely N-dealkylation sites (tertiary alicyclic amines) is 1. The van der Waals surface area contributed by atoms with Gasteiger partial charge in [0.25, 0.3) is 5.91 Å². The van der Waals surface area contributed by atoms with Crippen molar-refractivity contribution in [2.75, 3.05) is 31.1 Å². The van der Waals surface area contributed by atoms with Gasteiger partial charge in [0.2, 0.25) is 5.95 Å². The van der Waals surface area contributed by atoms with Gasteiger partial charge < -0.3 is 14.9 Å². The average Bonchev–Trinajstić information content (AvgIpc) is 2.67. The Bertz CT molecular complexity index is 829. The summed E-state index contributed by atoms with van der Waals surface area (Å²) in [6, 6.07) is 5.53. The van der Waals surface area contributed by atoms with Crippen molar-refractivity contribution in [2.24, 2.45) is 5.41 Å². The number of hydrogen-bond donors (Lipinski definition) is 1. The molecule has 4 heterocycles. The zero-order chi connectivity index (χ0) is 19.7. The van der Waals surface area contributed by atoms with Gasteiger partial charge in [-0.25, -0.2) is 9.97 Å². The van der Waals surface area contributed by atoms with Gasteiger partial charge in [-0.2, -0.15) is 0 Å². The molecule has 1 N–H and O–H groups in total. The van der Waals surface area contributed by atoms with E-state index in [4.69, 9.17) is 0 Å². The zero-order valence-corrected chi connectivity index (χ0v) is 16.5. The zero-order valence-electron chi connectivity index (χ0n) is 16.5. The molecule has 2 aromatic rings. The molecule has 148 valence electrons. The second-order valence-electron chi connectivity index (χ2n) is 8.22. The lowest BCUT2D eigenvalue weighted by atomic mass is 9.71. The SMILES string of the molecule is Cc1cc(C)nc(N2CCC3(CC2)CC(O)CN(C(=O)c2cccnc2)C3)n1. The highest BCUT2D eigenvalue weighted by atomic mass is 16.3. The largest absolute Gasteiger partial charge is 0.391 e. The third kappa shape index (κ3) is 3.85. The van der Waals surface area contributed by atoms with Gasteiger partial charge in [-0.05, 0) is 56.7 Å². The first-order valence-corrected chi connectivity index (χ1v) is 9.89. The lowest BCUT2D eigenvalue weighted by Gasteiger charge is -2.49. The number of aliphatic hydroxyl groups is 1. The van der Waals surface area contributed by atoms with E-state index < -0.39 is 6.10 Å². The summed E-state index contributed by atoms with van der Waals surface area (Å²) >= 11 is 0. The molecular weight excluding hydrogens is 354 g/mol. The van der Waals surface area contributed by atoms with Crippen molar-refractivity contribution in [3.8, 4) is 0 Å². The van der Waals surface area contributed by atoms with Crippen LogP contribution in [0.15, 0.2) is 30.6 Å². The normalized spacial score (nSPS) is 21.8. The van der Waals surface area contributed by atoms with Crippen molar-refractivity contribution >= 4 is 11.9 Å². The van der Waals surface area contributed by atoms with Crippen molar-refractivity contribution in [2.45, 2.75) is 39.2 Å². The molecule has 2 aliphatic rings. The fourth-order valence-electron chi connectivity index (χ4n) is 4.57. The summed E-state index contributed by atoms with van der Waals surface area (Å²) in [6.45, 7) is 6.72. The van der Waals surface area contributed by atoms with Crippen LogP contribution in [0.5, 0.6) is 0 Å². The maximum atomic E-state index is 12.9. The van der Waals surface area contributed by atoms with E-state index in [0.717, 1.165) is 49.7 Å².